The molecule has 0 fully saturated rings. The molecule has 2 nitrogen and oxygen atoms in total. The SMILES string of the molecule is CCOC(=O)c1sc(Br)c2c1CCC(F)(F)C2. The predicted octanol–water partition coefficient (Wildman–Crippen LogP) is 3.81. The number of hydrogen-bond donors (Lipinski definition) is 0. The van der Waals surface area contributed by atoms with Crippen molar-refractivity contribution in [2.45, 2.75) is 32.1 Å². The largest absolute Gasteiger partial charge is 0.462 e. The minimum absolute atomic E-state index is 0.199. The molecule has 2 rings (SSSR count). The van der Waals surface area contributed by atoms with Crippen molar-refractivity contribution in [2.24, 2.45) is 0 Å². The van der Waals surface area contributed by atoms with Crippen LogP contribution in [0, 0.1) is 0 Å². The summed E-state index contributed by atoms with van der Waals surface area (Å²) in [7, 11) is 0. The summed E-state index contributed by atoms with van der Waals surface area (Å²) in [4.78, 5) is 12.1. The van der Waals surface area contributed by atoms with Crippen LogP contribution >= 0.6 is 27.3 Å². The Morgan fingerprint density at radius 2 is 2.24 bits per heavy atom. The van der Waals surface area contributed by atoms with E-state index >= 15 is 0 Å². The van der Waals surface area contributed by atoms with Gasteiger partial charge in [-0.3, -0.25) is 0 Å². The number of halogens is 3. The molecule has 17 heavy (non-hydrogen) atoms. The maximum absolute atomic E-state index is 13.3. The van der Waals surface area contributed by atoms with Crippen molar-refractivity contribution in [3.05, 3.63) is 19.8 Å². The lowest BCUT2D eigenvalue weighted by molar-refractivity contribution is -0.0124. The third kappa shape index (κ3) is 2.52. The van der Waals surface area contributed by atoms with Crippen LogP contribution in [0.25, 0.3) is 0 Å². The quantitative estimate of drug-likeness (QED) is 0.773. The van der Waals surface area contributed by atoms with Gasteiger partial charge in [-0.25, -0.2) is 13.6 Å². The van der Waals surface area contributed by atoms with Crippen LogP contribution in [0.4, 0.5) is 8.78 Å². The number of alkyl halides is 2. The van der Waals surface area contributed by atoms with Gasteiger partial charge in [0.25, 0.3) is 5.92 Å². The first-order valence-corrected chi connectivity index (χ1v) is 6.90. The van der Waals surface area contributed by atoms with Crippen LogP contribution in [0.5, 0.6) is 0 Å². The minimum atomic E-state index is -2.66. The summed E-state index contributed by atoms with van der Waals surface area (Å²) in [6, 6.07) is 0. The van der Waals surface area contributed by atoms with Crippen molar-refractivity contribution in [3.8, 4) is 0 Å². The lowest BCUT2D eigenvalue weighted by atomic mass is 9.91. The van der Waals surface area contributed by atoms with E-state index in [2.05, 4.69) is 15.9 Å². The summed E-state index contributed by atoms with van der Waals surface area (Å²) in [5.41, 5.74) is 1.29. The first kappa shape index (κ1) is 13.0. The number of hydrogen-bond acceptors (Lipinski definition) is 3. The van der Waals surface area contributed by atoms with Gasteiger partial charge in [0.1, 0.15) is 4.88 Å². The Balaban J connectivity index is 2.37. The Kier molecular flexibility index (Phi) is 3.54. The van der Waals surface area contributed by atoms with Gasteiger partial charge in [-0.1, -0.05) is 0 Å². The molecular formula is C11H11BrF2O2S. The highest BCUT2D eigenvalue weighted by atomic mass is 79.9. The van der Waals surface area contributed by atoms with Gasteiger partial charge in [-0.2, -0.15) is 0 Å². The highest BCUT2D eigenvalue weighted by Gasteiger charge is 2.38. The minimum Gasteiger partial charge on any atom is -0.462 e. The zero-order valence-corrected chi connectivity index (χ0v) is 11.6. The van der Waals surface area contributed by atoms with E-state index in [9.17, 15) is 13.6 Å². The van der Waals surface area contributed by atoms with E-state index in [4.69, 9.17) is 4.74 Å². The maximum Gasteiger partial charge on any atom is 0.348 e. The smallest absolute Gasteiger partial charge is 0.348 e. The lowest BCUT2D eigenvalue weighted by Gasteiger charge is -2.22. The van der Waals surface area contributed by atoms with Crippen molar-refractivity contribution in [1.29, 1.82) is 0 Å². The standard InChI is InChI=1S/C11H11BrF2O2S/c1-2-16-10(15)8-6-3-4-11(13,14)5-7(6)9(12)17-8/h2-5H2,1H3. The third-order valence-electron chi connectivity index (χ3n) is 2.70. The third-order valence-corrected chi connectivity index (χ3v) is 4.71. The van der Waals surface area contributed by atoms with Crippen LogP contribution in [0.1, 0.15) is 34.1 Å². The van der Waals surface area contributed by atoms with Gasteiger partial charge in [-0.05, 0) is 40.4 Å². The predicted molar refractivity (Wildman–Crippen MR) is 64.9 cm³/mol. The average molecular weight is 325 g/mol. The van der Waals surface area contributed by atoms with Gasteiger partial charge in [-0.15, -0.1) is 11.3 Å². The van der Waals surface area contributed by atoms with E-state index in [1.165, 1.54) is 11.3 Å². The van der Waals surface area contributed by atoms with Gasteiger partial charge >= 0.3 is 5.97 Å². The molecule has 0 radical (unpaired) electrons. The summed E-state index contributed by atoms with van der Waals surface area (Å²) in [6.45, 7) is 2.01. The van der Waals surface area contributed by atoms with Crippen LogP contribution in [0.2, 0.25) is 0 Å². The monoisotopic (exact) mass is 324 g/mol. The van der Waals surface area contributed by atoms with E-state index in [1.54, 1.807) is 6.92 Å². The molecule has 0 saturated carbocycles. The van der Waals surface area contributed by atoms with Gasteiger partial charge < -0.3 is 4.74 Å². The Bertz CT molecular complexity index is 457. The molecule has 0 N–H and O–H groups in total. The second-order valence-corrected chi connectivity index (χ2v) is 6.25. The number of esters is 1. The second-order valence-electron chi connectivity index (χ2n) is 3.92. The molecule has 1 aliphatic carbocycles. The average Bonchev–Trinajstić information content (AvgIpc) is 2.55. The number of ether oxygens (including phenoxy) is 1. The van der Waals surface area contributed by atoms with Crippen molar-refractivity contribution >= 4 is 33.2 Å². The zero-order valence-electron chi connectivity index (χ0n) is 9.19. The topological polar surface area (TPSA) is 26.3 Å². The lowest BCUT2D eigenvalue weighted by Crippen LogP contribution is -2.26. The first-order valence-electron chi connectivity index (χ1n) is 5.29. The molecular weight excluding hydrogens is 314 g/mol. The van der Waals surface area contributed by atoms with Crippen LogP contribution in [-0.2, 0) is 17.6 Å². The van der Waals surface area contributed by atoms with Crippen molar-refractivity contribution in [2.75, 3.05) is 6.61 Å². The first-order chi connectivity index (χ1) is 7.94. The van der Waals surface area contributed by atoms with E-state index < -0.39 is 11.9 Å². The Labute approximate surface area is 110 Å². The zero-order chi connectivity index (χ0) is 12.6. The van der Waals surface area contributed by atoms with Crippen LogP contribution in [-0.4, -0.2) is 18.5 Å². The highest BCUT2D eigenvalue weighted by Crippen LogP contribution is 2.42. The molecule has 0 spiro atoms. The van der Waals surface area contributed by atoms with Crippen molar-refractivity contribution in [1.82, 2.24) is 0 Å². The molecule has 0 bridgehead atoms. The highest BCUT2D eigenvalue weighted by molar-refractivity contribution is 9.11. The second kappa shape index (κ2) is 4.65. The number of thiophene rings is 1. The van der Waals surface area contributed by atoms with Gasteiger partial charge in [0, 0.05) is 12.8 Å². The van der Waals surface area contributed by atoms with E-state index in [0.29, 0.717) is 20.8 Å². The van der Waals surface area contributed by atoms with Crippen molar-refractivity contribution < 1.29 is 18.3 Å². The molecule has 0 atom stereocenters. The molecule has 1 aromatic rings. The van der Waals surface area contributed by atoms with Gasteiger partial charge in [0.15, 0.2) is 0 Å². The summed E-state index contributed by atoms with van der Waals surface area (Å²) in [5.74, 6) is -3.08. The Morgan fingerprint density at radius 3 is 2.88 bits per heavy atom. The Hall–Kier alpha value is -0.490. The fourth-order valence-corrected chi connectivity index (χ4v) is 3.78. The van der Waals surface area contributed by atoms with Gasteiger partial charge in [0.05, 0.1) is 10.4 Å². The molecule has 94 valence electrons. The Morgan fingerprint density at radius 1 is 1.53 bits per heavy atom. The number of carbonyl (C=O) groups is 1. The van der Waals surface area contributed by atoms with Gasteiger partial charge in [0.2, 0.25) is 0 Å². The molecule has 0 amide bonds. The van der Waals surface area contributed by atoms with Crippen LogP contribution in [0.15, 0.2) is 3.79 Å². The normalized spacial score (nSPS) is 17.6. The maximum atomic E-state index is 13.3. The molecule has 6 heteroatoms. The number of rotatable bonds is 2. The molecule has 1 aliphatic rings. The number of fused-ring (bicyclic) bond motifs is 1. The number of carbonyl (C=O) groups excluding carboxylic acids is 1. The molecule has 0 aromatic carbocycles. The molecule has 0 unspecified atom stereocenters. The molecule has 0 aliphatic heterocycles. The fraction of sp³-hybridized carbons (Fsp3) is 0.545. The summed E-state index contributed by atoms with van der Waals surface area (Å²) >= 11 is 4.44. The summed E-state index contributed by atoms with van der Waals surface area (Å²) in [5, 5.41) is 0. The summed E-state index contributed by atoms with van der Waals surface area (Å²) in [6.07, 6.45) is -0.257. The van der Waals surface area contributed by atoms with E-state index in [0.717, 1.165) is 5.56 Å². The molecule has 0 saturated heterocycles. The summed E-state index contributed by atoms with van der Waals surface area (Å²) < 4.78 is 32.1. The molecule has 1 heterocycles. The van der Waals surface area contributed by atoms with Crippen LogP contribution < -0.4 is 0 Å². The van der Waals surface area contributed by atoms with E-state index in [1.807, 2.05) is 0 Å². The van der Waals surface area contributed by atoms with Crippen molar-refractivity contribution in [3.63, 3.8) is 0 Å². The fourth-order valence-electron chi connectivity index (χ4n) is 1.93. The van der Waals surface area contributed by atoms with E-state index in [-0.39, 0.29) is 19.3 Å². The molecule has 1 aromatic heterocycles. The van der Waals surface area contributed by atoms with Crippen LogP contribution in [0.3, 0.4) is 0 Å².